The fraction of sp³-hybridized carbons (Fsp3) is 0.375. The maximum absolute atomic E-state index is 6.52. The van der Waals surface area contributed by atoms with Gasteiger partial charge in [-0.15, -0.1) is 11.3 Å². The fourth-order valence-corrected chi connectivity index (χ4v) is 4.08. The minimum Gasteiger partial charge on any atom is -0.314 e. The molecule has 3 rings (SSSR count). The summed E-state index contributed by atoms with van der Waals surface area (Å²) in [7, 11) is 0. The Balaban J connectivity index is 2.05. The largest absolute Gasteiger partial charge is 0.314 e. The van der Waals surface area contributed by atoms with Crippen LogP contribution in [0.3, 0.4) is 0 Å². The first-order chi connectivity index (χ1) is 9.77. The Morgan fingerprint density at radius 3 is 2.65 bits per heavy atom. The van der Waals surface area contributed by atoms with Gasteiger partial charge in [0.25, 0.3) is 0 Å². The van der Waals surface area contributed by atoms with E-state index in [-0.39, 0.29) is 6.04 Å². The van der Waals surface area contributed by atoms with E-state index in [9.17, 15) is 0 Å². The molecule has 0 spiro atoms. The monoisotopic (exact) mass is 306 g/mol. The van der Waals surface area contributed by atoms with Gasteiger partial charge in [0.1, 0.15) is 0 Å². The van der Waals surface area contributed by atoms with Crippen molar-refractivity contribution in [2.24, 2.45) is 0 Å². The van der Waals surface area contributed by atoms with Crippen LogP contribution in [-0.2, 0) is 0 Å². The van der Waals surface area contributed by atoms with Crippen LogP contribution in [0.4, 0.5) is 0 Å². The highest BCUT2D eigenvalue weighted by atomic mass is 35.5. The highest BCUT2D eigenvalue weighted by molar-refractivity contribution is 7.10. The lowest BCUT2D eigenvalue weighted by Crippen LogP contribution is -2.45. The van der Waals surface area contributed by atoms with E-state index in [4.69, 9.17) is 11.6 Å². The van der Waals surface area contributed by atoms with Crippen LogP contribution in [0.5, 0.6) is 0 Å². The zero-order chi connectivity index (χ0) is 13.9. The summed E-state index contributed by atoms with van der Waals surface area (Å²) in [6.07, 6.45) is 0. The van der Waals surface area contributed by atoms with Crippen LogP contribution in [0.15, 0.2) is 35.7 Å². The number of halogens is 1. The molecule has 2 heterocycles. The summed E-state index contributed by atoms with van der Waals surface area (Å²) in [5.74, 6) is 0. The summed E-state index contributed by atoms with van der Waals surface area (Å²) in [4.78, 5) is 3.92. The van der Waals surface area contributed by atoms with Crippen LogP contribution in [0.1, 0.15) is 22.0 Å². The van der Waals surface area contributed by atoms with Crippen LogP contribution in [0.2, 0.25) is 5.02 Å². The second-order valence-electron chi connectivity index (χ2n) is 5.17. The van der Waals surface area contributed by atoms with Crippen LogP contribution in [0.25, 0.3) is 0 Å². The molecule has 1 saturated heterocycles. The van der Waals surface area contributed by atoms with E-state index in [1.54, 1.807) is 0 Å². The molecule has 4 heteroatoms. The third-order valence-corrected chi connectivity index (χ3v) is 5.13. The first-order valence-corrected chi connectivity index (χ1v) is 8.26. The Morgan fingerprint density at radius 1 is 1.20 bits per heavy atom. The lowest BCUT2D eigenvalue weighted by Gasteiger charge is -2.35. The molecule has 0 radical (unpaired) electrons. The van der Waals surface area contributed by atoms with Crippen molar-refractivity contribution in [2.45, 2.75) is 13.0 Å². The number of rotatable bonds is 3. The van der Waals surface area contributed by atoms with Gasteiger partial charge in [0, 0.05) is 36.1 Å². The van der Waals surface area contributed by atoms with Crippen LogP contribution in [-0.4, -0.2) is 31.1 Å². The van der Waals surface area contributed by atoms with Gasteiger partial charge in [0.05, 0.1) is 6.04 Å². The van der Waals surface area contributed by atoms with Crippen molar-refractivity contribution in [2.75, 3.05) is 26.2 Å². The molecular formula is C16H19ClN2S. The van der Waals surface area contributed by atoms with Gasteiger partial charge in [0.2, 0.25) is 0 Å². The Kier molecular flexibility index (Phi) is 4.41. The number of nitrogens with one attached hydrogen (secondary N) is 1. The predicted molar refractivity (Wildman–Crippen MR) is 86.8 cm³/mol. The molecule has 1 aromatic carbocycles. The van der Waals surface area contributed by atoms with E-state index >= 15 is 0 Å². The van der Waals surface area contributed by atoms with Gasteiger partial charge in [0.15, 0.2) is 0 Å². The predicted octanol–water partition coefficient (Wildman–Crippen LogP) is 3.70. The summed E-state index contributed by atoms with van der Waals surface area (Å²) < 4.78 is 0. The summed E-state index contributed by atoms with van der Waals surface area (Å²) in [6, 6.07) is 10.8. The third kappa shape index (κ3) is 2.77. The zero-order valence-electron chi connectivity index (χ0n) is 11.6. The highest BCUT2D eigenvalue weighted by Crippen LogP contribution is 2.37. The minimum atomic E-state index is 0.283. The molecule has 1 aliphatic rings. The van der Waals surface area contributed by atoms with Crippen LogP contribution >= 0.6 is 22.9 Å². The molecule has 2 nitrogen and oxygen atoms in total. The SMILES string of the molecule is Cc1cccc(Cl)c1[C@@H](c1cccs1)N1CCNCC1. The molecule has 1 aliphatic heterocycles. The van der Waals surface area contributed by atoms with E-state index in [0.29, 0.717) is 0 Å². The van der Waals surface area contributed by atoms with Crippen molar-refractivity contribution in [1.29, 1.82) is 0 Å². The normalized spacial score (nSPS) is 18.1. The van der Waals surface area contributed by atoms with Crippen LogP contribution in [0, 0.1) is 6.92 Å². The fourth-order valence-electron chi connectivity index (χ4n) is 2.88. The van der Waals surface area contributed by atoms with Crippen molar-refractivity contribution in [3.05, 3.63) is 56.7 Å². The summed E-state index contributed by atoms with van der Waals surface area (Å²) >= 11 is 8.34. The first kappa shape index (κ1) is 14.1. The van der Waals surface area contributed by atoms with E-state index in [2.05, 4.69) is 40.7 Å². The number of aryl methyl sites for hydroxylation is 1. The molecule has 1 N–H and O–H groups in total. The number of thiophene rings is 1. The van der Waals surface area contributed by atoms with E-state index in [1.807, 2.05) is 23.5 Å². The average Bonchev–Trinajstić information content (AvgIpc) is 2.98. The maximum atomic E-state index is 6.52. The smallest absolute Gasteiger partial charge is 0.0714 e. The molecule has 0 saturated carbocycles. The minimum absolute atomic E-state index is 0.283. The number of hydrogen-bond donors (Lipinski definition) is 1. The van der Waals surface area contributed by atoms with Crippen molar-refractivity contribution in [1.82, 2.24) is 10.2 Å². The van der Waals surface area contributed by atoms with Crippen LogP contribution < -0.4 is 5.32 Å². The average molecular weight is 307 g/mol. The van der Waals surface area contributed by atoms with Gasteiger partial charge in [-0.25, -0.2) is 0 Å². The van der Waals surface area contributed by atoms with Gasteiger partial charge in [-0.1, -0.05) is 29.8 Å². The Bertz CT molecular complexity index is 542. The Hall–Kier alpha value is -0.870. The molecule has 0 aliphatic carbocycles. The molecule has 1 fully saturated rings. The Labute approximate surface area is 129 Å². The summed E-state index contributed by atoms with van der Waals surface area (Å²) in [5, 5.41) is 6.45. The van der Waals surface area contributed by atoms with Gasteiger partial charge < -0.3 is 5.32 Å². The second kappa shape index (κ2) is 6.27. The van der Waals surface area contributed by atoms with Gasteiger partial charge in [-0.05, 0) is 35.6 Å². The van der Waals surface area contributed by atoms with Crippen molar-refractivity contribution < 1.29 is 0 Å². The molecule has 0 amide bonds. The number of piperazine rings is 1. The first-order valence-electron chi connectivity index (χ1n) is 7.00. The van der Waals surface area contributed by atoms with E-state index in [1.165, 1.54) is 16.0 Å². The lowest BCUT2D eigenvalue weighted by molar-refractivity contribution is 0.200. The molecule has 0 unspecified atom stereocenters. The Morgan fingerprint density at radius 2 is 2.00 bits per heavy atom. The van der Waals surface area contributed by atoms with Crippen molar-refractivity contribution in [3.63, 3.8) is 0 Å². The second-order valence-corrected chi connectivity index (χ2v) is 6.56. The quantitative estimate of drug-likeness (QED) is 0.930. The molecule has 0 bridgehead atoms. The van der Waals surface area contributed by atoms with Gasteiger partial charge in [-0.2, -0.15) is 0 Å². The molecule has 1 atom stereocenters. The highest BCUT2D eigenvalue weighted by Gasteiger charge is 2.27. The number of nitrogens with zero attached hydrogens (tertiary/aromatic N) is 1. The summed E-state index contributed by atoms with van der Waals surface area (Å²) in [5.41, 5.74) is 2.54. The number of hydrogen-bond acceptors (Lipinski definition) is 3. The number of benzene rings is 1. The zero-order valence-corrected chi connectivity index (χ0v) is 13.2. The maximum Gasteiger partial charge on any atom is 0.0714 e. The van der Waals surface area contributed by atoms with Gasteiger partial charge in [-0.3, -0.25) is 4.90 Å². The molecule has 2 aromatic rings. The van der Waals surface area contributed by atoms with Crippen molar-refractivity contribution >= 4 is 22.9 Å². The van der Waals surface area contributed by atoms with Gasteiger partial charge >= 0.3 is 0 Å². The molecule has 1 aromatic heterocycles. The lowest BCUT2D eigenvalue weighted by atomic mass is 9.98. The molecule has 20 heavy (non-hydrogen) atoms. The third-order valence-electron chi connectivity index (χ3n) is 3.87. The molecular weight excluding hydrogens is 288 g/mol. The summed E-state index contributed by atoms with van der Waals surface area (Å²) in [6.45, 7) is 6.38. The topological polar surface area (TPSA) is 15.3 Å². The van der Waals surface area contributed by atoms with E-state index in [0.717, 1.165) is 31.2 Å². The molecule has 106 valence electrons. The van der Waals surface area contributed by atoms with E-state index < -0.39 is 0 Å². The van der Waals surface area contributed by atoms with Crippen molar-refractivity contribution in [3.8, 4) is 0 Å². The standard InChI is InChI=1S/C16H19ClN2S/c1-12-4-2-5-13(17)15(12)16(14-6-3-11-20-14)19-9-7-18-8-10-19/h2-6,11,16,18H,7-10H2,1H3/t16-/m1/s1.